The molecule has 0 radical (unpaired) electrons. The Morgan fingerprint density at radius 2 is 1.42 bits per heavy atom. The van der Waals surface area contributed by atoms with Gasteiger partial charge >= 0.3 is 0 Å². The number of rotatable bonds is 5. The zero-order chi connectivity index (χ0) is 26.8. The minimum Gasteiger partial charge on any atom is -0.380 e. The number of hydrogen-bond donors (Lipinski definition) is 2. The van der Waals surface area contributed by atoms with Gasteiger partial charge in [-0.3, -0.25) is 14.9 Å². The number of nitrogens with one attached hydrogen (secondary N) is 1. The number of amides is 2. The summed E-state index contributed by atoms with van der Waals surface area (Å²) >= 11 is 0. The highest BCUT2D eigenvalue weighted by Gasteiger charge is 2.51. The second-order valence-electron chi connectivity index (χ2n) is 12.0. The molecule has 1 aromatic rings. The summed E-state index contributed by atoms with van der Waals surface area (Å²) in [6.45, 7) is 1.91. The van der Waals surface area contributed by atoms with Crippen LogP contribution in [0.1, 0.15) is 92.5 Å². The number of benzene rings is 1. The highest BCUT2D eigenvalue weighted by Crippen LogP contribution is 2.49. The van der Waals surface area contributed by atoms with Crippen LogP contribution in [0.2, 0.25) is 0 Å². The molecule has 0 bridgehead atoms. The molecule has 4 fully saturated rings. The molecule has 2 amide bonds. The minimum atomic E-state index is -1.15. The molecule has 1 spiro atoms. The van der Waals surface area contributed by atoms with Crippen LogP contribution in [0.3, 0.4) is 0 Å². The molecule has 1 aromatic carbocycles. The Labute approximate surface area is 227 Å². The lowest BCUT2D eigenvalue weighted by Crippen LogP contribution is -2.58. The molecule has 2 N–H and O–H groups in total. The van der Waals surface area contributed by atoms with Gasteiger partial charge in [0.05, 0.1) is 0 Å². The lowest BCUT2D eigenvalue weighted by atomic mass is 9.66. The molecule has 5 rings (SSSR count). The smallest absolute Gasteiger partial charge is 0.254 e. The zero-order valence-electron chi connectivity index (χ0n) is 23.1. The largest absolute Gasteiger partial charge is 0.380 e. The molecule has 4 aliphatic rings. The second kappa shape index (κ2) is 11.6. The van der Waals surface area contributed by atoms with E-state index in [9.17, 15) is 14.7 Å². The lowest BCUT2D eigenvalue weighted by Gasteiger charge is -2.50. The summed E-state index contributed by atoms with van der Waals surface area (Å²) in [5, 5.41) is 13.8. The van der Waals surface area contributed by atoms with E-state index < -0.39 is 5.60 Å². The van der Waals surface area contributed by atoms with E-state index in [1.807, 2.05) is 24.1 Å². The van der Waals surface area contributed by atoms with Gasteiger partial charge in [0.2, 0.25) is 0 Å². The summed E-state index contributed by atoms with van der Waals surface area (Å²) in [7, 11) is 3.56. The maximum absolute atomic E-state index is 13.2. The molecule has 210 valence electrons. The Hall–Kier alpha value is -2.00. The number of hydrogen-bond acceptors (Lipinski definition) is 6. The maximum Gasteiger partial charge on any atom is 0.254 e. The quantitative estimate of drug-likeness (QED) is 0.608. The van der Waals surface area contributed by atoms with E-state index in [1.165, 1.54) is 44.1 Å². The van der Waals surface area contributed by atoms with Gasteiger partial charge in [0.25, 0.3) is 11.8 Å². The lowest BCUT2D eigenvalue weighted by molar-refractivity contribution is -0.143. The predicted octanol–water partition coefficient (Wildman–Crippen LogP) is 3.64. The van der Waals surface area contributed by atoms with E-state index in [-0.39, 0.29) is 35.6 Å². The van der Waals surface area contributed by atoms with Crippen LogP contribution < -0.4 is 5.32 Å². The van der Waals surface area contributed by atoms with Crippen molar-refractivity contribution in [2.24, 2.45) is 5.41 Å². The summed E-state index contributed by atoms with van der Waals surface area (Å²) < 4.78 is 11.9. The normalized spacial score (nSPS) is 29.3. The third-order valence-electron chi connectivity index (χ3n) is 9.51. The fourth-order valence-corrected chi connectivity index (χ4v) is 6.98. The van der Waals surface area contributed by atoms with Gasteiger partial charge in [-0.1, -0.05) is 50.7 Å². The van der Waals surface area contributed by atoms with E-state index in [0.29, 0.717) is 44.6 Å². The van der Waals surface area contributed by atoms with E-state index in [0.717, 1.165) is 19.3 Å². The van der Waals surface area contributed by atoms with E-state index >= 15 is 0 Å². The molecule has 2 aliphatic heterocycles. The predicted molar refractivity (Wildman–Crippen MR) is 145 cm³/mol. The van der Waals surface area contributed by atoms with Crippen molar-refractivity contribution >= 4 is 11.8 Å². The van der Waals surface area contributed by atoms with Crippen LogP contribution in [0.5, 0.6) is 0 Å². The maximum atomic E-state index is 13.2. The molecule has 2 saturated heterocycles. The summed E-state index contributed by atoms with van der Waals surface area (Å²) in [5.74, 6) is -0.0127. The van der Waals surface area contributed by atoms with Crippen molar-refractivity contribution in [2.75, 3.05) is 40.4 Å². The van der Waals surface area contributed by atoms with Crippen LogP contribution in [-0.4, -0.2) is 85.2 Å². The number of piperazine rings is 1. The first-order valence-corrected chi connectivity index (χ1v) is 14.6. The van der Waals surface area contributed by atoms with Gasteiger partial charge in [0.1, 0.15) is 18.1 Å². The number of aliphatic hydroxyl groups is 1. The van der Waals surface area contributed by atoms with Crippen LogP contribution in [0.4, 0.5) is 0 Å². The fourth-order valence-electron chi connectivity index (χ4n) is 6.98. The van der Waals surface area contributed by atoms with Crippen molar-refractivity contribution in [1.82, 2.24) is 15.1 Å². The number of nitrogens with zero attached hydrogens (tertiary/aromatic N) is 2. The molecule has 0 aromatic heterocycles. The monoisotopic (exact) mass is 527 g/mol. The first-order valence-electron chi connectivity index (χ1n) is 14.6. The van der Waals surface area contributed by atoms with E-state index in [4.69, 9.17) is 9.47 Å². The van der Waals surface area contributed by atoms with Gasteiger partial charge in [-0.2, -0.15) is 0 Å². The standard InChI is InChI=1S/C30H45N3O5/c1-37-25-24(21-29(27(31-25)38-2)13-7-5-3-4-6-8-14-29)22-9-11-23(12-10-22)26(34)32-17-19-33(20-18-32)28(35)30(36)15-16-30/h9-12,24-25,27,31,36H,3-8,13-21H2,1-2H3. The third kappa shape index (κ3) is 5.64. The second-order valence-corrected chi connectivity index (χ2v) is 12.0. The molecule has 38 heavy (non-hydrogen) atoms. The Kier molecular flexibility index (Phi) is 8.43. The van der Waals surface area contributed by atoms with Gasteiger partial charge < -0.3 is 24.4 Å². The average Bonchev–Trinajstić information content (AvgIpc) is 3.69. The molecular weight excluding hydrogens is 482 g/mol. The first kappa shape index (κ1) is 27.6. The Bertz CT molecular complexity index is 961. The highest BCUT2D eigenvalue weighted by atomic mass is 16.5. The Morgan fingerprint density at radius 3 is 1.97 bits per heavy atom. The van der Waals surface area contributed by atoms with E-state index in [2.05, 4.69) is 17.4 Å². The topological polar surface area (TPSA) is 91.3 Å². The SMILES string of the molecule is COC1NC(OC)C2(CCCCCCCC2)CC1c1ccc(C(=O)N2CCN(C(=O)C3(O)CC3)CC2)cc1. The summed E-state index contributed by atoms with van der Waals surface area (Å²) in [4.78, 5) is 29.2. The van der Waals surface area contributed by atoms with Crippen LogP contribution >= 0.6 is 0 Å². The van der Waals surface area contributed by atoms with Gasteiger partial charge in [-0.25, -0.2) is 0 Å². The number of ether oxygens (including phenoxy) is 2. The number of methoxy groups -OCH3 is 2. The summed E-state index contributed by atoms with van der Waals surface area (Å²) in [6, 6.07) is 8.05. The molecule has 8 heteroatoms. The molecule has 2 aliphatic carbocycles. The Balaban J connectivity index is 1.26. The summed E-state index contributed by atoms with van der Waals surface area (Å²) in [5.41, 5.74) is 0.785. The zero-order valence-corrected chi connectivity index (χ0v) is 23.1. The highest BCUT2D eigenvalue weighted by molar-refractivity contribution is 5.94. The number of carbonyl (C=O) groups is 2. The van der Waals surface area contributed by atoms with Crippen molar-refractivity contribution in [3.05, 3.63) is 35.4 Å². The Morgan fingerprint density at radius 1 is 0.842 bits per heavy atom. The van der Waals surface area contributed by atoms with Gasteiger partial charge in [0.15, 0.2) is 0 Å². The van der Waals surface area contributed by atoms with Crippen LogP contribution in [0, 0.1) is 5.41 Å². The molecule has 2 heterocycles. The van der Waals surface area contributed by atoms with Crippen LogP contribution in [-0.2, 0) is 14.3 Å². The van der Waals surface area contributed by atoms with Crippen molar-refractivity contribution in [2.45, 2.75) is 94.6 Å². The van der Waals surface area contributed by atoms with Gasteiger partial charge in [-0.15, -0.1) is 0 Å². The molecular formula is C30H45N3O5. The van der Waals surface area contributed by atoms with Crippen LogP contribution in [0.25, 0.3) is 0 Å². The van der Waals surface area contributed by atoms with Crippen molar-refractivity contribution in [3.63, 3.8) is 0 Å². The summed E-state index contributed by atoms with van der Waals surface area (Å²) in [6.07, 6.45) is 12.0. The molecule has 8 nitrogen and oxygen atoms in total. The first-order chi connectivity index (χ1) is 18.4. The molecule has 2 saturated carbocycles. The van der Waals surface area contributed by atoms with Crippen molar-refractivity contribution < 1.29 is 24.2 Å². The molecule has 3 atom stereocenters. The molecule has 3 unspecified atom stereocenters. The van der Waals surface area contributed by atoms with E-state index in [1.54, 1.807) is 12.0 Å². The number of carbonyl (C=O) groups excluding carboxylic acids is 2. The van der Waals surface area contributed by atoms with Gasteiger partial charge in [-0.05, 0) is 49.8 Å². The van der Waals surface area contributed by atoms with Crippen LogP contribution in [0.15, 0.2) is 24.3 Å². The third-order valence-corrected chi connectivity index (χ3v) is 9.51. The minimum absolute atomic E-state index is 0.00831. The number of piperidine rings is 1. The van der Waals surface area contributed by atoms with Gasteiger partial charge in [0, 0.05) is 57.3 Å². The van der Waals surface area contributed by atoms with Crippen molar-refractivity contribution in [3.8, 4) is 0 Å². The fraction of sp³-hybridized carbons (Fsp3) is 0.733. The average molecular weight is 528 g/mol. The van der Waals surface area contributed by atoms with Crippen molar-refractivity contribution in [1.29, 1.82) is 0 Å².